The zero-order valence-electron chi connectivity index (χ0n) is 10.4. The molecule has 4 heteroatoms. The first-order valence-electron chi connectivity index (χ1n) is 6.12. The maximum Gasteiger partial charge on any atom is 0.138 e. The number of aliphatic hydroxyl groups is 1. The van der Waals surface area contributed by atoms with Crippen molar-refractivity contribution in [3.05, 3.63) is 11.6 Å². The topological polar surface area (TPSA) is 50.9 Å². The van der Waals surface area contributed by atoms with Crippen LogP contribution in [0.4, 0.5) is 0 Å². The number of aliphatic hydroxyl groups excluding tert-OH is 1. The number of hydrogen-bond donors (Lipinski definition) is 1. The first-order chi connectivity index (χ1) is 7.58. The molecule has 16 heavy (non-hydrogen) atoms. The molecule has 1 aromatic heterocycles. The van der Waals surface area contributed by atoms with Crippen LogP contribution in [0.15, 0.2) is 0 Å². The second kappa shape index (κ2) is 4.17. The minimum absolute atomic E-state index is 0.0720. The molecule has 0 amide bonds. The zero-order valence-corrected chi connectivity index (χ0v) is 10.4. The Morgan fingerprint density at radius 1 is 1.44 bits per heavy atom. The fourth-order valence-electron chi connectivity index (χ4n) is 2.20. The molecule has 0 radical (unpaired) electrons. The van der Waals surface area contributed by atoms with Gasteiger partial charge in [-0.1, -0.05) is 20.8 Å². The number of hydrogen-bond acceptors (Lipinski definition) is 3. The highest BCUT2D eigenvalue weighted by Gasteiger charge is 2.30. The fourth-order valence-corrected chi connectivity index (χ4v) is 2.20. The number of fused-ring (bicyclic) bond motifs is 1. The Morgan fingerprint density at radius 3 is 2.81 bits per heavy atom. The molecule has 4 nitrogen and oxygen atoms in total. The molecular weight excluding hydrogens is 202 g/mol. The molecule has 90 valence electrons. The maximum atomic E-state index is 9.25. The Kier molecular flexibility index (Phi) is 3.02. The molecule has 0 saturated carbocycles. The molecular formula is C12H21N3O. The van der Waals surface area contributed by atoms with Crippen molar-refractivity contribution in [2.45, 2.75) is 52.0 Å². The van der Waals surface area contributed by atoms with Crippen LogP contribution in [0.3, 0.4) is 0 Å². The smallest absolute Gasteiger partial charge is 0.138 e. The lowest BCUT2D eigenvalue weighted by molar-refractivity contribution is 0.187. The molecule has 0 spiro atoms. The number of rotatable bonds is 3. The van der Waals surface area contributed by atoms with Crippen LogP contribution < -0.4 is 0 Å². The van der Waals surface area contributed by atoms with E-state index in [2.05, 4.69) is 35.5 Å². The molecule has 1 unspecified atom stereocenters. The first-order valence-corrected chi connectivity index (χ1v) is 6.12. The van der Waals surface area contributed by atoms with E-state index in [1.165, 1.54) is 0 Å². The molecule has 0 aliphatic carbocycles. The third-order valence-electron chi connectivity index (χ3n) is 3.79. The van der Waals surface area contributed by atoms with Gasteiger partial charge < -0.3 is 9.67 Å². The summed E-state index contributed by atoms with van der Waals surface area (Å²) in [6.45, 7) is 7.72. The van der Waals surface area contributed by atoms with Crippen molar-refractivity contribution in [1.29, 1.82) is 0 Å². The number of nitrogens with zero attached hydrogens (tertiary/aromatic N) is 3. The minimum atomic E-state index is 0.0720. The van der Waals surface area contributed by atoms with Crippen LogP contribution in [0.1, 0.15) is 45.3 Å². The van der Waals surface area contributed by atoms with Gasteiger partial charge in [-0.25, -0.2) is 0 Å². The monoisotopic (exact) mass is 223 g/mol. The summed E-state index contributed by atoms with van der Waals surface area (Å²) in [4.78, 5) is 0. The SMILES string of the molecule is CCC(C)(C)c1nnc2n1CC(CO)CC2. The summed E-state index contributed by atoms with van der Waals surface area (Å²) in [5, 5.41) is 17.9. The lowest BCUT2D eigenvalue weighted by Crippen LogP contribution is -2.29. The summed E-state index contributed by atoms with van der Waals surface area (Å²) in [6, 6.07) is 0. The van der Waals surface area contributed by atoms with Crippen molar-refractivity contribution >= 4 is 0 Å². The standard InChI is InChI=1S/C12H21N3O/c1-4-12(2,3)11-14-13-10-6-5-9(8-16)7-15(10)11/h9,16H,4-8H2,1-3H3. The summed E-state index contributed by atoms with van der Waals surface area (Å²) < 4.78 is 2.22. The van der Waals surface area contributed by atoms with E-state index in [0.29, 0.717) is 5.92 Å². The van der Waals surface area contributed by atoms with Crippen LogP contribution in [0.5, 0.6) is 0 Å². The Bertz CT molecular complexity index is 370. The van der Waals surface area contributed by atoms with E-state index in [1.54, 1.807) is 0 Å². The van der Waals surface area contributed by atoms with Crippen LogP contribution in [0.25, 0.3) is 0 Å². The lowest BCUT2D eigenvalue weighted by atomic mass is 9.88. The maximum absolute atomic E-state index is 9.25. The van der Waals surface area contributed by atoms with Gasteiger partial charge >= 0.3 is 0 Å². The highest BCUT2D eigenvalue weighted by Crippen LogP contribution is 2.29. The van der Waals surface area contributed by atoms with Gasteiger partial charge in [-0.05, 0) is 12.8 Å². The Hall–Kier alpha value is -0.900. The molecule has 0 fully saturated rings. The van der Waals surface area contributed by atoms with Gasteiger partial charge in [0.1, 0.15) is 11.6 Å². The quantitative estimate of drug-likeness (QED) is 0.845. The predicted octanol–water partition coefficient (Wildman–Crippen LogP) is 1.52. The first kappa shape index (κ1) is 11.6. The van der Waals surface area contributed by atoms with E-state index < -0.39 is 0 Å². The van der Waals surface area contributed by atoms with Crippen molar-refractivity contribution < 1.29 is 5.11 Å². The highest BCUT2D eigenvalue weighted by atomic mass is 16.3. The number of aryl methyl sites for hydroxylation is 1. The van der Waals surface area contributed by atoms with E-state index in [9.17, 15) is 5.11 Å². The average molecular weight is 223 g/mol. The van der Waals surface area contributed by atoms with Crippen LogP contribution >= 0.6 is 0 Å². The molecule has 0 aromatic carbocycles. The van der Waals surface area contributed by atoms with Crippen molar-refractivity contribution in [2.75, 3.05) is 6.61 Å². The predicted molar refractivity (Wildman–Crippen MR) is 62.2 cm³/mol. The fraction of sp³-hybridized carbons (Fsp3) is 0.833. The molecule has 0 saturated heterocycles. The van der Waals surface area contributed by atoms with Gasteiger partial charge in [0, 0.05) is 30.9 Å². The Balaban J connectivity index is 2.33. The Morgan fingerprint density at radius 2 is 2.19 bits per heavy atom. The van der Waals surface area contributed by atoms with Gasteiger partial charge in [-0.3, -0.25) is 0 Å². The van der Waals surface area contributed by atoms with E-state index in [-0.39, 0.29) is 12.0 Å². The number of aromatic nitrogens is 3. The van der Waals surface area contributed by atoms with Crippen LogP contribution in [0.2, 0.25) is 0 Å². The largest absolute Gasteiger partial charge is 0.396 e. The molecule has 1 aliphatic rings. The van der Waals surface area contributed by atoms with E-state index in [1.807, 2.05) is 0 Å². The summed E-state index contributed by atoms with van der Waals surface area (Å²) in [6.07, 6.45) is 3.02. The second-order valence-corrected chi connectivity index (χ2v) is 5.38. The molecule has 1 aliphatic heterocycles. The van der Waals surface area contributed by atoms with Crippen molar-refractivity contribution in [3.8, 4) is 0 Å². The molecule has 2 heterocycles. The third-order valence-corrected chi connectivity index (χ3v) is 3.79. The van der Waals surface area contributed by atoms with Gasteiger partial charge in [0.2, 0.25) is 0 Å². The zero-order chi connectivity index (χ0) is 11.8. The average Bonchev–Trinajstić information content (AvgIpc) is 2.72. The normalized spacial score (nSPS) is 20.9. The molecule has 2 rings (SSSR count). The summed E-state index contributed by atoms with van der Waals surface area (Å²) >= 11 is 0. The van der Waals surface area contributed by atoms with Crippen LogP contribution in [-0.2, 0) is 18.4 Å². The van der Waals surface area contributed by atoms with E-state index in [4.69, 9.17) is 0 Å². The van der Waals surface area contributed by atoms with Gasteiger partial charge in [0.15, 0.2) is 0 Å². The molecule has 1 N–H and O–H groups in total. The summed E-state index contributed by atoms with van der Waals surface area (Å²) in [5.41, 5.74) is 0.0720. The van der Waals surface area contributed by atoms with Crippen molar-refractivity contribution in [1.82, 2.24) is 14.8 Å². The molecule has 0 bridgehead atoms. The van der Waals surface area contributed by atoms with Crippen molar-refractivity contribution in [2.24, 2.45) is 5.92 Å². The van der Waals surface area contributed by atoms with E-state index in [0.717, 1.165) is 37.5 Å². The van der Waals surface area contributed by atoms with Crippen molar-refractivity contribution in [3.63, 3.8) is 0 Å². The van der Waals surface area contributed by atoms with Gasteiger partial charge in [0.25, 0.3) is 0 Å². The van der Waals surface area contributed by atoms with Crippen LogP contribution in [-0.4, -0.2) is 26.5 Å². The van der Waals surface area contributed by atoms with Gasteiger partial charge in [0.05, 0.1) is 0 Å². The molecule has 1 atom stereocenters. The van der Waals surface area contributed by atoms with Gasteiger partial charge in [-0.2, -0.15) is 0 Å². The highest BCUT2D eigenvalue weighted by molar-refractivity contribution is 5.09. The second-order valence-electron chi connectivity index (χ2n) is 5.38. The minimum Gasteiger partial charge on any atom is -0.396 e. The van der Waals surface area contributed by atoms with Crippen LogP contribution in [0, 0.1) is 5.92 Å². The summed E-state index contributed by atoms with van der Waals surface area (Å²) in [5.74, 6) is 2.53. The third kappa shape index (κ3) is 1.86. The van der Waals surface area contributed by atoms with E-state index >= 15 is 0 Å². The molecule has 1 aromatic rings. The summed E-state index contributed by atoms with van der Waals surface area (Å²) in [7, 11) is 0. The lowest BCUT2D eigenvalue weighted by Gasteiger charge is -2.27. The van der Waals surface area contributed by atoms with Gasteiger partial charge in [-0.15, -0.1) is 10.2 Å². The Labute approximate surface area is 96.7 Å².